The second kappa shape index (κ2) is 8.72. The summed E-state index contributed by atoms with van der Waals surface area (Å²) in [5, 5.41) is 3.02. The van der Waals surface area contributed by atoms with E-state index in [-0.39, 0.29) is 11.8 Å². The number of hydrogen-bond acceptors (Lipinski definition) is 2. The maximum absolute atomic E-state index is 12.4. The minimum Gasteiger partial charge on any atom is -0.399 e. The molecule has 0 saturated carbocycles. The van der Waals surface area contributed by atoms with Crippen LogP contribution in [0, 0.1) is 0 Å². The number of rotatable bonds is 5. The number of carbonyl (C=O) groups is 1. The predicted molar refractivity (Wildman–Crippen MR) is 131 cm³/mol. The van der Waals surface area contributed by atoms with Crippen LogP contribution in [0.3, 0.4) is 0 Å². The second-order valence-electron chi connectivity index (χ2n) is 8.49. The van der Waals surface area contributed by atoms with E-state index >= 15 is 0 Å². The maximum atomic E-state index is 12.4. The molecule has 0 aliphatic heterocycles. The molecule has 0 fully saturated rings. The molecule has 1 aliphatic carbocycles. The summed E-state index contributed by atoms with van der Waals surface area (Å²) in [5.74, 6) is 0.644. The Morgan fingerprint density at radius 3 is 2.19 bits per heavy atom. The van der Waals surface area contributed by atoms with Gasteiger partial charge in [-0.15, -0.1) is 0 Å². The summed E-state index contributed by atoms with van der Waals surface area (Å²) in [6.45, 7) is 0. The molecular weight excluding hydrogens is 392 g/mol. The normalized spacial score (nSPS) is 17.0. The van der Waals surface area contributed by atoms with E-state index in [1.807, 2.05) is 54.6 Å². The first-order valence-corrected chi connectivity index (χ1v) is 11.0. The van der Waals surface area contributed by atoms with Crippen LogP contribution < -0.4 is 11.1 Å². The second-order valence-corrected chi connectivity index (χ2v) is 8.49. The summed E-state index contributed by atoms with van der Waals surface area (Å²) in [4.78, 5) is 12.4. The maximum Gasteiger partial charge on any atom is 0.228 e. The molecule has 0 aromatic heterocycles. The van der Waals surface area contributed by atoms with Gasteiger partial charge in [0, 0.05) is 17.3 Å². The van der Waals surface area contributed by atoms with Crippen LogP contribution >= 0.6 is 0 Å². The highest BCUT2D eigenvalue weighted by atomic mass is 16.1. The lowest BCUT2D eigenvalue weighted by molar-refractivity contribution is -0.115. The Labute approximate surface area is 188 Å². The van der Waals surface area contributed by atoms with Gasteiger partial charge in [0.1, 0.15) is 0 Å². The average molecular weight is 419 g/mol. The Hall–Kier alpha value is -3.85. The highest BCUT2D eigenvalue weighted by Crippen LogP contribution is 2.47. The van der Waals surface area contributed by atoms with Gasteiger partial charge in [-0.2, -0.15) is 0 Å². The standard InChI is InChI=1S/C29H26N2O/c30-24-14-10-21(11-15-24)27-19-23-8-4-5-9-26(23)29(27)22-12-16-25(17-13-22)31-28(32)18-20-6-2-1-3-7-20/h1-17,27,29H,18-19,30H2,(H,31,32). The van der Waals surface area contributed by atoms with Crippen LogP contribution in [0.2, 0.25) is 0 Å². The molecular formula is C29H26N2O. The van der Waals surface area contributed by atoms with E-state index in [4.69, 9.17) is 5.73 Å². The van der Waals surface area contributed by atoms with Crippen molar-refractivity contribution >= 4 is 17.3 Å². The van der Waals surface area contributed by atoms with Crippen LogP contribution in [-0.2, 0) is 17.6 Å². The molecule has 0 saturated heterocycles. The SMILES string of the molecule is Nc1ccc(C2Cc3ccccc3C2c2ccc(NC(=O)Cc3ccccc3)cc2)cc1. The average Bonchev–Trinajstić information content (AvgIpc) is 3.20. The molecule has 0 bridgehead atoms. The lowest BCUT2D eigenvalue weighted by Crippen LogP contribution is -2.14. The van der Waals surface area contributed by atoms with E-state index in [0.29, 0.717) is 12.3 Å². The highest BCUT2D eigenvalue weighted by molar-refractivity contribution is 5.92. The van der Waals surface area contributed by atoms with E-state index in [1.54, 1.807) is 0 Å². The van der Waals surface area contributed by atoms with Crippen molar-refractivity contribution in [3.8, 4) is 0 Å². The van der Waals surface area contributed by atoms with Gasteiger partial charge in [-0.3, -0.25) is 4.79 Å². The smallest absolute Gasteiger partial charge is 0.228 e. The zero-order valence-electron chi connectivity index (χ0n) is 17.9. The van der Waals surface area contributed by atoms with Gasteiger partial charge in [-0.05, 0) is 64.4 Å². The van der Waals surface area contributed by atoms with Gasteiger partial charge in [0.05, 0.1) is 6.42 Å². The predicted octanol–water partition coefficient (Wildman–Crippen LogP) is 5.92. The molecule has 0 radical (unpaired) electrons. The van der Waals surface area contributed by atoms with E-state index < -0.39 is 0 Å². The monoisotopic (exact) mass is 418 g/mol. The largest absolute Gasteiger partial charge is 0.399 e. The molecule has 5 rings (SSSR count). The first-order valence-electron chi connectivity index (χ1n) is 11.0. The molecule has 2 unspecified atom stereocenters. The zero-order valence-corrected chi connectivity index (χ0v) is 17.9. The van der Waals surface area contributed by atoms with Crippen molar-refractivity contribution < 1.29 is 4.79 Å². The summed E-state index contributed by atoms with van der Waals surface area (Å²) < 4.78 is 0. The van der Waals surface area contributed by atoms with Crippen LogP contribution in [0.4, 0.5) is 11.4 Å². The number of benzene rings is 4. The molecule has 158 valence electrons. The Balaban J connectivity index is 1.38. The fourth-order valence-electron chi connectivity index (χ4n) is 4.82. The lowest BCUT2D eigenvalue weighted by Gasteiger charge is -2.22. The molecule has 32 heavy (non-hydrogen) atoms. The van der Waals surface area contributed by atoms with Crippen molar-refractivity contribution in [3.63, 3.8) is 0 Å². The van der Waals surface area contributed by atoms with Gasteiger partial charge < -0.3 is 11.1 Å². The van der Waals surface area contributed by atoms with Crippen molar-refractivity contribution in [1.82, 2.24) is 0 Å². The van der Waals surface area contributed by atoms with Gasteiger partial charge in [-0.25, -0.2) is 0 Å². The van der Waals surface area contributed by atoms with Gasteiger partial charge in [0.15, 0.2) is 0 Å². The third-order valence-electron chi connectivity index (χ3n) is 6.36. The number of nitrogens with two attached hydrogens (primary N) is 1. The molecule has 3 nitrogen and oxygen atoms in total. The van der Waals surface area contributed by atoms with E-state index in [1.165, 1.54) is 22.3 Å². The Morgan fingerprint density at radius 1 is 0.781 bits per heavy atom. The quantitative estimate of drug-likeness (QED) is 0.395. The van der Waals surface area contributed by atoms with Crippen molar-refractivity contribution in [3.05, 3.63) is 131 Å². The topological polar surface area (TPSA) is 55.1 Å². The third-order valence-corrected chi connectivity index (χ3v) is 6.36. The first kappa shape index (κ1) is 20.1. The summed E-state index contributed by atoms with van der Waals surface area (Å²) in [7, 11) is 0. The summed E-state index contributed by atoms with van der Waals surface area (Å²) in [5.41, 5.74) is 13.9. The van der Waals surface area contributed by atoms with Crippen LogP contribution in [0.5, 0.6) is 0 Å². The Kier molecular flexibility index (Phi) is 5.47. The van der Waals surface area contributed by atoms with E-state index in [9.17, 15) is 4.79 Å². The van der Waals surface area contributed by atoms with Crippen LogP contribution in [0.25, 0.3) is 0 Å². The van der Waals surface area contributed by atoms with Crippen molar-refractivity contribution in [2.45, 2.75) is 24.7 Å². The van der Waals surface area contributed by atoms with E-state index in [0.717, 1.165) is 23.4 Å². The van der Waals surface area contributed by atoms with Gasteiger partial charge in [0.25, 0.3) is 0 Å². The molecule has 4 aromatic carbocycles. The number of fused-ring (bicyclic) bond motifs is 1. The van der Waals surface area contributed by atoms with Gasteiger partial charge in [-0.1, -0.05) is 78.9 Å². The summed E-state index contributed by atoms with van der Waals surface area (Å²) in [6.07, 6.45) is 1.39. The van der Waals surface area contributed by atoms with E-state index in [2.05, 4.69) is 53.8 Å². The molecule has 2 atom stereocenters. The number of carbonyl (C=O) groups excluding carboxylic acids is 1. The molecule has 4 aromatic rings. The van der Waals surface area contributed by atoms with Crippen LogP contribution in [-0.4, -0.2) is 5.91 Å². The number of nitrogen functional groups attached to an aromatic ring is 1. The van der Waals surface area contributed by atoms with Gasteiger partial charge >= 0.3 is 0 Å². The number of anilines is 2. The molecule has 0 heterocycles. The molecule has 3 N–H and O–H groups in total. The number of hydrogen-bond donors (Lipinski definition) is 2. The Bertz CT molecular complexity index is 1210. The minimum absolute atomic E-state index is 0.00471. The number of nitrogens with one attached hydrogen (secondary N) is 1. The summed E-state index contributed by atoms with van der Waals surface area (Å²) >= 11 is 0. The Morgan fingerprint density at radius 2 is 1.44 bits per heavy atom. The molecule has 1 amide bonds. The van der Waals surface area contributed by atoms with Crippen LogP contribution in [0.15, 0.2) is 103 Å². The molecule has 1 aliphatic rings. The fourth-order valence-corrected chi connectivity index (χ4v) is 4.82. The lowest BCUT2D eigenvalue weighted by atomic mass is 9.82. The van der Waals surface area contributed by atoms with Gasteiger partial charge in [0.2, 0.25) is 5.91 Å². The van der Waals surface area contributed by atoms with Crippen molar-refractivity contribution in [1.29, 1.82) is 0 Å². The summed E-state index contributed by atoms with van der Waals surface area (Å²) in [6, 6.07) is 35.1. The fraction of sp³-hybridized carbons (Fsp3) is 0.138. The van der Waals surface area contributed by atoms with Crippen molar-refractivity contribution in [2.75, 3.05) is 11.1 Å². The minimum atomic E-state index is -0.00471. The van der Waals surface area contributed by atoms with Crippen molar-refractivity contribution in [2.24, 2.45) is 0 Å². The molecule has 3 heteroatoms. The third kappa shape index (κ3) is 4.15. The van der Waals surface area contributed by atoms with Crippen LogP contribution in [0.1, 0.15) is 39.7 Å². The molecule has 0 spiro atoms. The zero-order chi connectivity index (χ0) is 21.9. The first-order chi connectivity index (χ1) is 15.7. The highest BCUT2D eigenvalue weighted by Gasteiger charge is 2.34. The number of amides is 1.